The second-order valence-corrected chi connectivity index (χ2v) is 5.58. The van der Waals surface area contributed by atoms with E-state index in [0.29, 0.717) is 6.04 Å². The Balaban J connectivity index is 1.80. The first-order valence-electron chi connectivity index (χ1n) is 6.32. The van der Waals surface area contributed by atoms with Gasteiger partial charge in [-0.25, -0.2) is 0 Å². The molecule has 17 heavy (non-hydrogen) atoms. The van der Waals surface area contributed by atoms with Crippen molar-refractivity contribution in [2.45, 2.75) is 19.4 Å². The lowest BCUT2D eigenvalue weighted by molar-refractivity contribution is 0.572. The number of fused-ring (bicyclic) bond motifs is 1. The van der Waals surface area contributed by atoms with Crippen molar-refractivity contribution in [3.05, 3.63) is 29.6 Å². The van der Waals surface area contributed by atoms with Crippen molar-refractivity contribution in [2.24, 2.45) is 0 Å². The summed E-state index contributed by atoms with van der Waals surface area (Å²) in [4.78, 5) is 2.49. The zero-order valence-corrected chi connectivity index (χ0v) is 11.0. The molecule has 1 aliphatic rings. The third-order valence-electron chi connectivity index (χ3n) is 3.48. The summed E-state index contributed by atoms with van der Waals surface area (Å²) < 4.78 is 1.39. The van der Waals surface area contributed by atoms with Gasteiger partial charge in [-0.2, -0.15) is 0 Å². The highest BCUT2D eigenvalue weighted by Gasteiger charge is 2.21. The molecule has 1 aromatic heterocycles. The minimum Gasteiger partial charge on any atom is -0.370 e. The van der Waals surface area contributed by atoms with Crippen LogP contribution in [0.3, 0.4) is 0 Å². The van der Waals surface area contributed by atoms with Gasteiger partial charge in [0, 0.05) is 29.5 Å². The molecule has 2 nitrogen and oxygen atoms in total. The van der Waals surface area contributed by atoms with Crippen LogP contribution in [0.5, 0.6) is 0 Å². The Hall–Kier alpha value is -1.06. The van der Waals surface area contributed by atoms with E-state index < -0.39 is 0 Å². The molecule has 2 heterocycles. The van der Waals surface area contributed by atoms with Crippen molar-refractivity contribution >= 4 is 27.1 Å². The minimum absolute atomic E-state index is 0.665. The topological polar surface area (TPSA) is 15.3 Å². The van der Waals surface area contributed by atoms with Crippen LogP contribution in [0.15, 0.2) is 29.6 Å². The van der Waals surface area contributed by atoms with Crippen molar-refractivity contribution in [1.29, 1.82) is 0 Å². The average molecular weight is 246 g/mol. The summed E-state index contributed by atoms with van der Waals surface area (Å²) in [6.45, 7) is 5.57. The van der Waals surface area contributed by atoms with Crippen LogP contribution in [-0.2, 0) is 0 Å². The lowest BCUT2D eigenvalue weighted by Crippen LogP contribution is -2.32. The molecule has 1 N–H and O–H groups in total. The first-order chi connectivity index (χ1) is 8.36. The summed E-state index contributed by atoms with van der Waals surface area (Å²) in [5.74, 6) is 0. The molecule has 3 rings (SSSR count). The SMILES string of the molecule is CCNC1CCN(c2ccc3sccc3c2)C1. The van der Waals surface area contributed by atoms with E-state index in [-0.39, 0.29) is 0 Å². The number of nitrogens with one attached hydrogen (secondary N) is 1. The number of anilines is 1. The fourth-order valence-electron chi connectivity index (χ4n) is 2.60. The van der Waals surface area contributed by atoms with E-state index in [0.717, 1.165) is 13.1 Å². The van der Waals surface area contributed by atoms with E-state index in [9.17, 15) is 0 Å². The highest BCUT2D eigenvalue weighted by Crippen LogP contribution is 2.28. The van der Waals surface area contributed by atoms with Gasteiger partial charge in [0.2, 0.25) is 0 Å². The van der Waals surface area contributed by atoms with Crippen LogP contribution in [0.25, 0.3) is 10.1 Å². The standard InChI is InChI=1S/C14H18N2S/c1-2-15-12-5-7-16(10-12)13-3-4-14-11(9-13)6-8-17-14/h3-4,6,8-9,12,15H,2,5,7,10H2,1H3. The molecule has 0 radical (unpaired) electrons. The van der Waals surface area contributed by atoms with Crippen molar-refractivity contribution < 1.29 is 0 Å². The second-order valence-electron chi connectivity index (χ2n) is 4.63. The molecule has 0 amide bonds. The molecule has 90 valence electrons. The van der Waals surface area contributed by atoms with Gasteiger partial charge in [0.1, 0.15) is 0 Å². The molecule has 1 saturated heterocycles. The van der Waals surface area contributed by atoms with Gasteiger partial charge in [-0.15, -0.1) is 11.3 Å². The number of likely N-dealkylation sites (N-methyl/N-ethyl adjacent to an activating group) is 1. The van der Waals surface area contributed by atoms with E-state index in [4.69, 9.17) is 0 Å². The average Bonchev–Trinajstić information content (AvgIpc) is 2.96. The van der Waals surface area contributed by atoms with E-state index >= 15 is 0 Å². The van der Waals surface area contributed by atoms with Gasteiger partial charge in [-0.3, -0.25) is 0 Å². The lowest BCUT2D eigenvalue weighted by atomic mass is 10.2. The summed E-state index contributed by atoms with van der Waals surface area (Å²) in [7, 11) is 0. The molecule has 1 unspecified atom stereocenters. The van der Waals surface area contributed by atoms with Gasteiger partial charge in [0.15, 0.2) is 0 Å². The summed E-state index contributed by atoms with van der Waals surface area (Å²) in [5.41, 5.74) is 1.37. The molecule has 3 heteroatoms. The van der Waals surface area contributed by atoms with Crippen LogP contribution < -0.4 is 10.2 Å². The van der Waals surface area contributed by atoms with Crippen LogP contribution in [-0.4, -0.2) is 25.7 Å². The molecule has 1 aliphatic heterocycles. The van der Waals surface area contributed by atoms with Crippen LogP contribution >= 0.6 is 11.3 Å². The number of rotatable bonds is 3. The number of hydrogen-bond acceptors (Lipinski definition) is 3. The van der Waals surface area contributed by atoms with Crippen LogP contribution in [0, 0.1) is 0 Å². The molecular weight excluding hydrogens is 228 g/mol. The van der Waals surface area contributed by atoms with Crippen molar-refractivity contribution in [3.63, 3.8) is 0 Å². The van der Waals surface area contributed by atoms with E-state index in [1.54, 1.807) is 0 Å². The van der Waals surface area contributed by atoms with Crippen LogP contribution in [0.4, 0.5) is 5.69 Å². The maximum Gasteiger partial charge on any atom is 0.0373 e. The molecule has 0 bridgehead atoms. The van der Waals surface area contributed by atoms with Gasteiger partial charge in [0.25, 0.3) is 0 Å². The molecule has 0 spiro atoms. The van der Waals surface area contributed by atoms with Gasteiger partial charge >= 0.3 is 0 Å². The number of nitrogens with zero attached hydrogens (tertiary/aromatic N) is 1. The second kappa shape index (κ2) is 4.67. The largest absolute Gasteiger partial charge is 0.370 e. The summed E-state index contributed by atoms with van der Waals surface area (Å²) >= 11 is 1.82. The van der Waals surface area contributed by atoms with Gasteiger partial charge in [-0.1, -0.05) is 6.92 Å². The Morgan fingerprint density at radius 1 is 1.41 bits per heavy atom. The third kappa shape index (κ3) is 2.17. The Kier molecular flexibility index (Phi) is 3.04. The van der Waals surface area contributed by atoms with Crippen LogP contribution in [0.2, 0.25) is 0 Å². The molecule has 0 saturated carbocycles. The van der Waals surface area contributed by atoms with E-state index in [1.165, 1.54) is 28.7 Å². The molecule has 1 aromatic carbocycles. The maximum atomic E-state index is 3.54. The molecule has 1 atom stereocenters. The minimum atomic E-state index is 0.665. The van der Waals surface area contributed by atoms with Crippen molar-refractivity contribution in [2.75, 3.05) is 24.5 Å². The number of thiophene rings is 1. The van der Waals surface area contributed by atoms with Crippen molar-refractivity contribution in [3.8, 4) is 0 Å². The Morgan fingerprint density at radius 3 is 3.24 bits per heavy atom. The highest BCUT2D eigenvalue weighted by atomic mass is 32.1. The zero-order chi connectivity index (χ0) is 11.7. The first kappa shape index (κ1) is 11.1. The molecule has 1 fully saturated rings. The smallest absolute Gasteiger partial charge is 0.0373 e. The zero-order valence-electron chi connectivity index (χ0n) is 10.1. The monoisotopic (exact) mass is 246 g/mol. The molecule has 2 aromatic rings. The number of hydrogen-bond donors (Lipinski definition) is 1. The van der Waals surface area contributed by atoms with E-state index in [1.807, 2.05) is 11.3 Å². The van der Waals surface area contributed by atoms with Crippen molar-refractivity contribution in [1.82, 2.24) is 5.32 Å². The van der Waals surface area contributed by atoms with Gasteiger partial charge in [0.05, 0.1) is 0 Å². The van der Waals surface area contributed by atoms with E-state index in [2.05, 4.69) is 46.8 Å². The van der Waals surface area contributed by atoms with Gasteiger partial charge in [-0.05, 0) is 48.0 Å². The number of benzene rings is 1. The predicted octanol–water partition coefficient (Wildman–Crippen LogP) is 3.09. The maximum absolute atomic E-state index is 3.54. The highest BCUT2D eigenvalue weighted by molar-refractivity contribution is 7.17. The normalized spacial score (nSPS) is 20.3. The molecular formula is C14H18N2S. The lowest BCUT2D eigenvalue weighted by Gasteiger charge is -2.19. The molecule has 0 aliphatic carbocycles. The first-order valence-corrected chi connectivity index (χ1v) is 7.20. The Bertz CT molecular complexity index is 506. The van der Waals surface area contributed by atoms with Gasteiger partial charge < -0.3 is 10.2 Å². The Labute approximate surface area is 106 Å². The van der Waals surface area contributed by atoms with Crippen LogP contribution in [0.1, 0.15) is 13.3 Å². The third-order valence-corrected chi connectivity index (χ3v) is 4.38. The fourth-order valence-corrected chi connectivity index (χ4v) is 3.37. The quantitative estimate of drug-likeness (QED) is 0.895. The summed E-state index contributed by atoms with van der Waals surface area (Å²) in [5, 5.41) is 7.08. The fraction of sp³-hybridized carbons (Fsp3) is 0.429. The Morgan fingerprint density at radius 2 is 2.35 bits per heavy atom. The summed E-state index contributed by atoms with van der Waals surface area (Å²) in [6, 6.07) is 9.70. The summed E-state index contributed by atoms with van der Waals surface area (Å²) in [6.07, 6.45) is 1.26. The predicted molar refractivity (Wildman–Crippen MR) is 76.1 cm³/mol.